The summed E-state index contributed by atoms with van der Waals surface area (Å²) in [6.07, 6.45) is 5.17. The van der Waals surface area contributed by atoms with Gasteiger partial charge in [-0.05, 0) is 55.9 Å². The molecule has 4 rings (SSSR count). The van der Waals surface area contributed by atoms with E-state index < -0.39 is 0 Å². The quantitative estimate of drug-likeness (QED) is 0.596. The number of likely N-dealkylation sites (tertiary alicyclic amines) is 1. The molecule has 0 spiro atoms. The highest BCUT2D eigenvalue weighted by molar-refractivity contribution is 5.91. The second kappa shape index (κ2) is 8.70. The van der Waals surface area contributed by atoms with Crippen molar-refractivity contribution in [1.82, 2.24) is 15.2 Å². The van der Waals surface area contributed by atoms with Gasteiger partial charge in [0.15, 0.2) is 0 Å². The highest BCUT2D eigenvalue weighted by Gasteiger charge is 2.21. The van der Waals surface area contributed by atoms with Crippen LogP contribution < -0.4 is 10.6 Å². The molecule has 3 N–H and O–H groups in total. The number of aromatic nitrogens is 1. The van der Waals surface area contributed by atoms with Crippen LogP contribution in [0.5, 0.6) is 0 Å². The van der Waals surface area contributed by atoms with Crippen LogP contribution in [0.3, 0.4) is 0 Å². The van der Waals surface area contributed by atoms with Crippen molar-refractivity contribution in [1.29, 1.82) is 0 Å². The Hall–Kier alpha value is -2.79. The van der Waals surface area contributed by atoms with Gasteiger partial charge in [-0.1, -0.05) is 36.4 Å². The molecule has 2 heterocycles. The van der Waals surface area contributed by atoms with Crippen LogP contribution in [0.2, 0.25) is 0 Å². The summed E-state index contributed by atoms with van der Waals surface area (Å²) in [5.74, 6) is 0. The maximum Gasteiger partial charge on any atom is 0.319 e. The third-order valence-electron chi connectivity index (χ3n) is 6.01. The van der Waals surface area contributed by atoms with Gasteiger partial charge in [0.2, 0.25) is 0 Å². The number of nitrogens with one attached hydrogen (secondary N) is 3. The van der Waals surface area contributed by atoms with Gasteiger partial charge in [0.1, 0.15) is 0 Å². The number of hydrogen-bond donors (Lipinski definition) is 3. The lowest BCUT2D eigenvalue weighted by atomic mass is 10.0. The fraction of sp³-hybridized carbons (Fsp3) is 0.375. The topological polar surface area (TPSA) is 60.2 Å². The van der Waals surface area contributed by atoms with Crippen molar-refractivity contribution in [2.45, 2.75) is 39.2 Å². The predicted molar refractivity (Wildman–Crippen MR) is 120 cm³/mol. The first-order valence-corrected chi connectivity index (χ1v) is 10.5. The van der Waals surface area contributed by atoms with Crippen molar-refractivity contribution in [2.75, 3.05) is 25.0 Å². The zero-order valence-corrected chi connectivity index (χ0v) is 17.3. The van der Waals surface area contributed by atoms with Gasteiger partial charge in [-0.15, -0.1) is 0 Å². The molecule has 29 heavy (non-hydrogen) atoms. The molecule has 0 unspecified atom stereocenters. The molecule has 0 bridgehead atoms. The Balaban J connectivity index is 1.24. The number of carbonyl (C=O) groups excluding carboxylic acids is 1. The summed E-state index contributed by atoms with van der Waals surface area (Å²) in [5, 5.41) is 7.51. The maximum absolute atomic E-state index is 12.4. The molecule has 0 atom stereocenters. The third kappa shape index (κ3) is 4.62. The smallest absolute Gasteiger partial charge is 0.319 e. The normalized spacial score (nSPS) is 15.5. The van der Waals surface area contributed by atoms with Crippen LogP contribution >= 0.6 is 0 Å². The Kier molecular flexibility index (Phi) is 5.86. The van der Waals surface area contributed by atoms with E-state index in [2.05, 4.69) is 51.0 Å². The third-order valence-corrected chi connectivity index (χ3v) is 6.01. The Morgan fingerprint density at radius 2 is 1.79 bits per heavy atom. The fourth-order valence-electron chi connectivity index (χ4n) is 4.26. The molecule has 1 saturated heterocycles. The zero-order chi connectivity index (χ0) is 20.2. The van der Waals surface area contributed by atoms with Crippen LogP contribution in [-0.4, -0.2) is 41.6 Å². The number of H-pyrrole nitrogens is 1. The predicted octanol–water partition coefficient (Wildman–Crippen LogP) is 4.61. The first-order chi connectivity index (χ1) is 14.1. The SMILES string of the molecule is Cc1cccc(C)c1NC(=O)NC1CCN(CCc2c[nH]c3ccccc23)CC1. The van der Waals surface area contributed by atoms with Gasteiger partial charge in [-0.3, -0.25) is 0 Å². The summed E-state index contributed by atoms with van der Waals surface area (Å²) >= 11 is 0. The maximum atomic E-state index is 12.4. The number of fused-ring (bicyclic) bond motifs is 1. The lowest BCUT2D eigenvalue weighted by Gasteiger charge is -2.32. The number of piperidine rings is 1. The Bertz CT molecular complexity index is 965. The summed E-state index contributed by atoms with van der Waals surface area (Å²) in [6.45, 7) is 7.15. The molecule has 2 aromatic carbocycles. The summed E-state index contributed by atoms with van der Waals surface area (Å²) in [6, 6.07) is 14.7. The molecule has 0 saturated carbocycles. The summed E-state index contributed by atoms with van der Waals surface area (Å²) < 4.78 is 0. The number of para-hydroxylation sites is 2. The monoisotopic (exact) mass is 390 g/mol. The van der Waals surface area contributed by atoms with Gasteiger partial charge in [0, 0.05) is 48.5 Å². The van der Waals surface area contributed by atoms with E-state index in [9.17, 15) is 4.79 Å². The lowest BCUT2D eigenvalue weighted by molar-refractivity contribution is 0.197. The number of benzene rings is 2. The van der Waals surface area contributed by atoms with Crippen LogP contribution in [0.15, 0.2) is 48.7 Å². The lowest BCUT2D eigenvalue weighted by Crippen LogP contribution is -2.46. The first kappa shape index (κ1) is 19.5. The van der Waals surface area contributed by atoms with Crippen LogP contribution in [0.1, 0.15) is 29.5 Å². The fourth-order valence-corrected chi connectivity index (χ4v) is 4.26. The minimum absolute atomic E-state index is 0.0976. The Labute approximate surface area is 172 Å². The minimum Gasteiger partial charge on any atom is -0.361 e. The van der Waals surface area contributed by atoms with E-state index in [1.807, 2.05) is 32.0 Å². The molecule has 152 valence electrons. The van der Waals surface area contributed by atoms with Crippen molar-refractivity contribution >= 4 is 22.6 Å². The van der Waals surface area contributed by atoms with Gasteiger partial charge in [0.05, 0.1) is 0 Å². The molecule has 2 amide bonds. The average Bonchev–Trinajstić information content (AvgIpc) is 3.14. The number of hydrogen-bond acceptors (Lipinski definition) is 2. The van der Waals surface area contributed by atoms with Crippen molar-refractivity contribution in [3.63, 3.8) is 0 Å². The number of nitrogens with zero attached hydrogens (tertiary/aromatic N) is 1. The molecule has 0 aliphatic carbocycles. The summed E-state index contributed by atoms with van der Waals surface area (Å²) in [7, 11) is 0. The van der Waals surface area contributed by atoms with Crippen molar-refractivity contribution in [3.8, 4) is 0 Å². The molecule has 5 heteroatoms. The highest BCUT2D eigenvalue weighted by Crippen LogP contribution is 2.21. The Morgan fingerprint density at radius 3 is 2.55 bits per heavy atom. The van der Waals surface area contributed by atoms with E-state index in [0.717, 1.165) is 55.7 Å². The molecule has 5 nitrogen and oxygen atoms in total. The minimum atomic E-state index is -0.0976. The number of rotatable bonds is 5. The van der Waals surface area contributed by atoms with E-state index in [1.54, 1.807) is 0 Å². The average molecular weight is 391 g/mol. The molecular weight excluding hydrogens is 360 g/mol. The van der Waals surface area contributed by atoms with Crippen molar-refractivity contribution in [3.05, 3.63) is 65.4 Å². The molecule has 1 aliphatic rings. The van der Waals surface area contributed by atoms with Crippen molar-refractivity contribution < 1.29 is 4.79 Å². The number of aromatic amines is 1. The molecule has 1 aliphatic heterocycles. The van der Waals surface area contributed by atoms with Gasteiger partial charge in [-0.25, -0.2) is 4.79 Å². The van der Waals surface area contributed by atoms with Gasteiger partial charge >= 0.3 is 6.03 Å². The second-order valence-electron chi connectivity index (χ2n) is 8.09. The summed E-state index contributed by atoms with van der Waals surface area (Å²) in [5.41, 5.74) is 5.69. The molecule has 3 aromatic rings. The van der Waals surface area contributed by atoms with Crippen LogP contribution in [-0.2, 0) is 6.42 Å². The second-order valence-corrected chi connectivity index (χ2v) is 8.09. The van der Waals surface area contributed by atoms with E-state index in [-0.39, 0.29) is 12.1 Å². The molecule has 1 fully saturated rings. The first-order valence-electron chi connectivity index (χ1n) is 10.5. The number of amides is 2. The largest absolute Gasteiger partial charge is 0.361 e. The number of anilines is 1. The molecule has 0 radical (unpaired) electrons. The van der Waals surface area contributed by atoms with Crippen LogP contribution in [0, 0.1) is 13.8 Å². The molecule has 1 aromatic heterocycles. The van der Waals surface area contributed by atoms with Gasteiger partial charge < -0.3 is 20.5 Å². The van der Waals surface area contributed by atoms with E-state index in [4.69, 9.17) is 0 Å². The standard InChI is InChI=1S/C24H30N4O/c1-17-6-5-7-18(2)23(17)27-24(29)26-20-11-14-28(15-12-20)13-10-19-16-25-22-9-4-3-8-21(19)22/h3-9,16,20,25H,10-15H2,1-2H3,(H2,26,27,29). The van der Waals surface area contributed by atoms with E-state index >= 15 is 0 Å². The number of urea groups is 1. The zero-order valence-electron chi connectivity index (χ0n) is 17.3. The highest BCUT2D eigenvalue weighted by atomic mass is 16.2. The van der Waals surface area contributed by atoms with Gasteiger partial charge in [0.25, 0.3) is 0 Å². The van der Waals surface area contributed by atoms with Crippen LogP contribution in [0.25, 0.3) is 10.9 Å². The summed E-state index contributed by atoms with van der Waals surface area (Å²) in [4.78, 5) is 18.3. The number of carbonyl (C=O) groups is 1. The van der Waals surface area contributed by atoms with Gasteiger partial charge in [-0.2, -0.15) is 0 Å². The Morgan fingerprint density at radius 1 is 1.07 bits per heavy atom. The molecular formula is C24H30N4O. The van der Waals surface area contributed by atoms with Crippen molar-refractivity contribution in [2.24, 2.45) is 0 Å². The van der Waals surface area contributed by atoms with E-state index in [0.29, 0.717) is 0 Å². The van der Waals surface area contributed by atoms with Crippen LogP contribution in [0.4, 0.5) is 10.5 Å². The number of aryl methyl sites for hydroxylation is 2. The van der Waals surface area contributed by atoms with E-state index in [1.165, 1.54) is 16.5 Å².